The van der Waals surface area contributed by atoms with E-state index in [0.29, 0.717) is 5.57 Å². The average molecular weight is 253 g/mol. The topological polar surface area (TPSA) is 0 Å². The average Bonchev–Trinajstić information content (AvgIpc) is 2.14. The van der Waals surface area contributed by atoms with Crippen LogP contribution in [0.1, 0.15) is 27.7 Å². The van der Waals surface area contributed by atoms with Crippen molar-refractivity contribution >= 4 is 11.6 Å². The fraction of sp³-hybridized carbons (Fsp3) is 0.500. The molecule has 0 nitrogen and oxygen atoms in total. The minimum atomic E-state index is -4.43. The minimum Gasteiger partial charge on any atom is -0.166 e. The molecule has 0 aliphatic rings. The lowest BCUT2D eigenvalue weighted by Gasteiger charge is -2.16. The molecule has 92 valence electrons. The van der Waals surface area contributed by atoms with E-state index in [-0.39, 0.29) is 16.5 Å². The van der Waals surface area contributed by atoms with E-state index in [1.165, 1.54) is 6.92 Å². The van der Waals surface area contributed by atoms with E-state index >= 15 is 0 Å². The van der Waals surface area contributed by atoms with E-state index in [9.17, 15) is 13.2 Å². The molecule has 16 heavy (non-hydrogen) atoms. The van der Waals surface area contributed by atoms with Gasteiger partial charge in [0.05, 0.1) is 5.57 Å². The second-order valence-corrected chi connectivity index (χ2v) is 4.19. The van der Waals surface area contributed by atoms with Gasteiger partial charge in [0.2, 0.25) is 0 Å². The van der Waals surface area contributed by atoms with Gasteiger partial charge in [-0.3, -0.25) is 0 Å². The molecule has 0 radical (unpaired) electrons. The molecule has 0 rings (SSSR count). The Kier molecular flexibility index (Phi) is 5.33. The summed E-state index contributed by atoms with van der Waals surface area (Å²) >= 11 is 5.94. The summed E-state index contributed by atoms with van der Waals surface area (Å²) in [6, 6.07) is 0. The molecule has 0 unspecified atom stereocenters. The first-order chi connectivity index (χ1) is 7.12. The van der Waals surface area contributed by atoms with Crippen molar-refractivity contribution in [1.29, 1.82) is 0 Å². The summed E-state index contributed by atoms with van der Waals surface area (Å²) in [5.41, 5.74) is -0.210. The van der Waals surface area contributed by atoms with Gasteiger partial charge in [-0.15, -0.1) is 0 Å². The van der Waals surface area contributed by atoms with Crippen LogP contribution in [0.3, 0.4) is 0 Å². The summed E-state index contributed by atoms with van der Waals surface area (Å²) in [4.78, 5) is 0. The largest absolute Gasteiger partial charge is 0.416 e. The van der Waals surface area contributed by atoms with E-state index in [2.05, 4.69) is 6.58 Å². The smallest absolute Gasteiger partial charge is 0.166 e. The van der Waals surface area contributed by atoms with Crippen LogP contribution in [0.4, 0.5) is 13.2 Å². The molecule has 0 fully saturated rings. The van der Waals surface area contributed by atoms with Gasteiger partial charge in [-0.2, -0.15) is 13.2 Å². The maximum absolute atomic E-state index is 12.4. The van der Waals surface area contributed by atoms with Gasteiger partial charge in [0, 0.05) is 5.03 Å². The van der Waals surface area contributed by atoms with E-state index in [1.807, 2.05) is 13.8 Å². The molecule has 0 aromatic rings. The Bertz CT molecular complexity index is 333. The van der Waals surface area contributed by atoms with Crippen LogP contribution in [-0.4, -0.2) is 6.18 Å². The van der Waals surface area contributed by atoms with E-state index in [4.69, 9.17) is 11.6 Å². The molecular weight excluding hydrogens is 237 g/mol. The molecule has 0 aromatic carbocycles. The molecule has 0 heterocycles. The van der Waals surface area contributed by atoms with E-state index < -0.39 is 11.7 Å². The summed E-state index contributed by atoms with van der Waals surface area (Å²) in [6.45, 7) is 9.87. The summed E-state index contributed by atoms with van der Waals surface area (Å²) in [7, 11) is 0. The Hall–Kier alpha value is -0.700. The van der Waals surface area contributed by atoms with Gasteiger partial charge < -0.3 is 0 Å². The van der Waals surface area contributed by atoms with Gasteiger partial charge in [0.25, 0.3) is 0 Å². The third kappa shape index (κ3) is 3.71. The molecule has 0 aromatic heterocycles. The lowest BCUT2D eigenvalue weighted by atomic mass is 9.97. The summed E-state index contributed by atoms with van der Waals surface area (Å²) in [5, 5.41) is 0.139. The quantitative estimate of drug-likeness (QED) is 0.604. The van der Waals surface area contributed by atoms with Crippen molar-refractivity contribution in [3.63, 3.8) is 0 Å². The van der Waals surface area contributed by atoms with Crippen LogP contribution < -0.4 is 0 Å². The number of hydrogen-bond acceptors (Lipinski definition) is 0. The van der Waals surface area contributed by atoms with Crippen molar-refractivity contribution in [2.24, 2.45) is 5.92 Å². The molecule has 0 aliphatic heterocycles. The maximum Gasteiger partial charge on any atom is 0.416 e. The van der Waals surface area contributed by atoms with Crippen LogP contribution in [0.15, 0.2) is 34.4 Å². The normalized spacial score (nSPS) is 15.2. The lowest BCUT2D eigenvalue weighted by molar-refractivity contribution is -0.0889. The first-order valence-electron chi connectivity index (χ1n) is 4.92. The van der Waals surface area contributed by atoms with Gasteiger partial charge in [-0.25, -0.2) is 0 Å². The van der Waals surface area contributed by atoms with Crippen molar-refractivity contribution in [2.45, 2.75) is 33.9 Å². The third-order valence-corrected chi connectivity index (χ3v) is 2.81. The van der Waals surface area contributed by atoms with Crippen molar-refractivity contribution in [2.75, 3.05) is 0 Å². The van der Waals surface area contributed by atoms with Crippen molar-refractivity contribution in [3.8, 4) is 0 Å². The van der Waals surface area contributed by atoms with Crippen LogP contribution in [0.25, 0.3) is 0 Å². The molecule has 0 saturated heterocycles. The Morgan fingerprint density at radius 1 is 1.31 bits per heavy atom. The molecule has 0 N–H and O–H groups in total. The first kappa shape index (κ1) is 15.3. The van der Waals surface area contributed by atoms with Crippen LogP contribution in [0.5, 0.6) is 0 Å². The van der Waals surface area contributed by atoms with Crippen LogP contribution in [0, 0.1) is 5.92 Å². The van der Waals surface area contributed by atoms with Gasteiger partial charge in [-0.1, -0.05) is 38.1 Å². The lowest BCUT2D eigenvalue weighted by Crippen LogP contribution is -2.13. The highest BCUT2D eigenvalue weighted by Gasteiger charge is 2.34. The highest BCUT2D eigenvalue weighted by Crippen LogP contribution is 2.35. The fourth-order valence-electron chi connectivity index (χ4n) is 1.28. The number of allylic oxidation sites excluding steroid dienone is 5. The zero-order valence-electron chi connectivity index (χ0n) is 9.87. The summed E-state index contributed by atoms with van der Waals surface area (Å²) < 4.78 is 37.2. The number of alkyl halides is 3. The van der Waals surface area contributed by atoms with Gasteiger partial charge in [0.15, 0.2) is 0 Å². The second-order valence-electron chi connectivity index (χ2n) is 3.81. The molecular formula is C12H16ClF3. The van der Waals surface area contributed by atoms with Crippen molar-refractivity contribution in [3.05, 3.63) is 34.4 Å². The Morgan fingerprint density at radius 3 is 2.00 bits per heavy atom. The van der Waals surface area contributed by atoms with E-state index in [0.717, 1.165) is 0 Å². The zero-order valence-corrected chi connectivity index (χ0v) is 10.6. The SMILES string of the molecule is C=C(/C(C)=C(Cl)\C(=C/C)C(C)C)C(F)(F)F. The highest BCUT2D eigenvalue weighted by atomic mass is 35.5. The van der Waals surface area contributed by atoms with Crippen LogP contribution in [-0.2, 0) is 0 Å². The minimum absolute atomic E-state index is 0.0176. The molecule has 0 aliphatic carbocycles. The molecule has 0 atom stereocenters. The number of rotatable bonds is 3. The second kappa shape index (κ2) is 5.58. The van der Waals surface area contributed by atoms with Crippen LogP contribution >= 0.6 is 11.6 Å². The monoisotopic (exact) mass is 252 g/mol. The van der Waals surface area contributed by atoms with Gasteiger partial charge in [-0.05, 0) is 30.9 Å². The van der Waals surface area contributed by atoms with Crippen molar-refractivity contribution in [1.82, 2.24) is 0 Å². The standard InChI is InChI=1S/C12H16ClF3/c1-6-10(7(2)3)11(13)8(4)9(5)12(14,15)16/h6-7H,5H2,1-4H3/b10-6-,11-8+. The number of hydrogen-bond donors (Lipinski definition) is 0. The van der Waals surface area contributed by atoms with Crippen molar-refractivity contribution < 1.29 is 13.2 Å². The Labute approximate surface area is 99.5 Å². The predicted octanol–water partition coefficient (Wildman–Crippen LogP) is 5.22. The Morgan fingerprint density at radius 2 is 1.75 bits per heavy atom. The highest BCUT2D eigenvalue weighted by molar-refractivity contribution is 6.32. The zero-order chi connectivity index (χ0) is 13.1. The fourth-order valence-corrected chi connectivity index (χ4v) is 1.72. The predicted molar refractivity (Wildman–Crippen MR) is 62.3 cm³/mol. The first-order valence-corrected chi connectivity index (χ1v) is 5.30. The third-order valence-electron chi connectivity index (χ3n) is 2.31. The number of halogens is 4. The van der Waals surface area contributed by atoms with Crippen LogP contribution in [0.2, 0.25) is 0 Å². The molecule has 4 heteroatoms. The molecule has 0 saturated carbocycles. The van der Waals surface area contributed by atoms with Gasteiger partial charge in [0.1, 0.15) is 0 Å². The molecule has 0 spiro atoms. The Balaban J connectivity index is 5.35. The summed E-state index contributed by atoms with van der Waals surface area (Å²) in [5.74, 6) is 0.0773. The van der Waals surface area contributed by atoms with Gasteiger partial charge >= 0.3 is 6.18 Å². The van der Waals surface area contributed by atoms with E-state index in [1.54, 1.807) is 13.0 Å². The summed E-state index contributed by atoms with van der Waals surface area (Å²) in [6.07, 6.45) is -2.71. The maximum atomic E-state index is 12.4. The molecule has 0 amide bonds. The molecule has 0 bridgehead atoms.